The molecule has 8 heteroatoms. The second-order valence-electron chi connectivity index (χ2n) is 9.22. The van der Waals surface area contributed by atoms with Crippen molar-refractivity contribution >= 4 is 27.8 Å². The number of hydrogen-bond donors (Lipinski definition) is 1. The van der Waals surface area contributed by atoms with Crippen LogP contribution in [-0.4, -0.2) is 48.6 Å². The normalized spacial score (nSPS) is 12.3. The summed E-state index contributed by atoms with van der Waals surface area (Å²) < 4.78 is 18.3. The van der Waals surface area contributed by atoms with Gasteiger partial charge < -0.3 is 24.1 Å². The monoisotopic (exact) mass is 483 g/mol. The molecule has 1 unspecified atom stereocenters. The van der Waals surface area contributed by atoms with Crippen molar-refractivity contribution in [2.45, 2.75) is 59.5 Å². The quantitative estimate of drug-likeness (QED) is 0.293. The number of rotatable bonds is 12. The van der Waals surface area contributed by atoms with E-state index in [9.17, 15) is 9.59 Å². The van der Waals surface area contributed by atoms with Crippen LogP contribution in [0.4, 0.5) is 4.79 Å². The largest absolute Gasteiger partial charge is 0.491 e. The molecule has 3 aromatic rings. The molecule has 0 aliphatic carbocycles. The van der Waals surface area contributed by atoms with Gasteiger partial charge in [-0.2, -0.15) is 0 Å². The molecular formula is C27H37N3O5. The first kappa shape index (κ1) is 26.5. The third-order valence-electron chi connectivity index (χ3n) is 5.93. The van der Waals surface area contributed by atoms with Crippen molar-refractivity contribution in [3.05, 3.63) is 46.5 Å². The Balaban J connectivity index is 1.89. The van der Waals surface area contributed by atoms with Crippen molar-refractivity contribution in [3.8, 4) is 5.75 Å². The maximum Gasteiger partial charge on any atom is 0.407 e. The number of alkyl carbamates (subject to hydrolysis) is 1. The van der Waals surface area contributed by atoms with Crippen molar-refractivity contribution in [3.63, 3.8) is 0 Å². The summed E-state index contributed by atoms with van der Waals surface area (Å²) in [7, 11) is 1.62. The van der Waals surface area contributed by atoms with E-state index in [2.05, 4.69) is 31.1 Å². The van der Waals surface area contributed by atoms with E-state index in [1.54, 1.807) is 17.9 Å². The minimum Gasteiger partial charge on any atom is -0.491 e. The van der Waals surface area contributed by atoms with Gasteiger partial charge in [0.1, 0.15) is 12.4 Å². The highest BCUT2D eigenvalue weighted by molar-refractivity contribution is 6.06. The van der Waals surface area contributed by atoms with E-state index in [0.717, 1.165) is 35.6 Å². The van der Waals surface area contributed by atoms with Gasteiger partial charge in [-0.3, -0.25) is 9.78 Å². The molecule has 1 atom stereocenters. The van der Waals surface area contributed by atoms with Gasteiger partial charge in [-0.1, -0.05) is 27.2 Å². The van der Waals surface area contributed by atoms with Gasteiger partial charge >= 0.3 is 6.09 Å². The number of pyridine rings is 2. The molecule has 2 heterocycles. The molecule has 0 aliphatic heterocycles. The number of aromatic nitrogens is 2. The Morgan fingerprint density at radius 3 is 2.69 bits per heavy atom. The molecule has 0 saturated heterocycles. The topological polar surface area (TPSA) is 91.7 Å². The molecule has 0 radical (unpaired) electrons. The molecule has 35 heavy (non-hydrogen) atoms. The van der Waals surface area contributed by atoms with Gasteiger partial charge in [-0.05, 0) is 49.3 Å². The third-order valence-corrected chi connectivity index (χ3v) is 5.93. The average Bonchev–Trinajstić information content (AvgIpc) is 2.82. The summed E-state index contributed by atoms with van der Waals surface area (Å²) >= 11 is 0. The van der Waals surface area contributed by atoms with E-state index in [4.69, 9.17) is 14.2 Å². The summed E-state index contributed by atoms with van der Waals surface area (Å²) in [5, 5.41) is 5.36. The number of methoxy groups -OCH3 is 1. The Labute approximate surface area is 206 Å². The second kappa shape index (κ2) is 12.5. The zero-order chi connectivity index (χ0) is 25.4. The number of aryl methyl sites for hydroxylation is 1. The Morgan fingerprint density at radius 1 is 1.17 bits per heavy atom. The number of carbonyl (C=O) groups is 1. The summed E-state index contributed by atoms with van der Waals surface area (Å²) in [5.41, 5.74) is 1.38. The van der Waals surface area contributed by atoms with Crippen LogP contribution in [0.2, 0.25) is 0 Å². The first-order valence-electron chi connectivity index (χ1n) is 12.3. The molecule has 1 aromatic carbocycles. The lowest BCUT2D eigenvalue weighted by Gasteiger charge is -2.21. The lowest BCUT2D eigenvalue weighted by Crippen LogP contribution is -2.40. The third kappa shape index (κ3) is 6.72. The molecule has 0 fully saturated rings. The number of unbranched alkanes of at least 4 members (excludes halogenated alkanes) is 1. The van der Waals surface area contributed by atoms with Gasteiger partial charge in [0.15, 0.2) is 0 Å². The fourth-order valence-corrected chi connectivity index (χ4v) is 4.21. The van der Waals surface area contributed by atoms with Crippen LogP contribution in [0.3, 0.4) is 0 Å². The van der Waals surface area contributed by atoms with Crippen molar-refractivity contribution in [2.75, 3.05) is 26.9 Å². The van der Waals surface area contributed by atoms with Crippen molar-refractivity contribution in [1.82, 2.24) is 14.9 Å². The molecular weight excluding hydrogens is 446 g/mol. The number of fused-ring (bicyclic) bond motifs is 3. The van der Waals surface area contributed by atoms with Crippen molar-refractivity contribution < 1.29 is 19.0 Å². The van der Waals surface area contributed by atoms with E-state index in [1.807, 2.05) is 31.2 Å². The number of ether oxygens (including phenoxy) is 3. The maximum atomic E-state index is 13.4. The summed E-state index contributed by atoms with van der Waals surface area (Å²) in [6.45, 7) is 9.63. The molecule has 8 nitrogen and oxygen atoms in total. The predicted molar refractivity (Wildman–Crippen MR) is 138 cm³/mol. The fourth-order valence-electron chi connectivity index (χ4n) is 4.21. The zero-order valence-corrected chi connectivity index (χ0v) is 21.4. The van der Waals surface area contributed by atoms with Crippen LogP contribution in [0.1, 0.15) is 45.7 Å². The van der Waals surface area contributed by atoms with Gasteiger partial charge in [0.25, 0.3) is 5.56 Å². The Bertz CT molecular complexity index is 1200. The van der Waals surface area contributed by atoms with Crippen LogP contribution >= 0.6 is 0 Å². The van der Waals surface area contributed by atoms with E-state index in [0.29, 0.717) is 49.1 Å². The SMILES string of the molecule is CCCCOC(=O)NC(COc1ccc2c3ccnc(C)c3c(=O)n(CCOC)c2c1)CC(C)C. The van der Waals surface area contributed by atoms with Gasteiger partial charge in [0.05, 0.1) is 35.9 Å². The molecule has 0 saturated carbocycles. The summed E-state index contributed by atoms with van der Waals surface area (Å²) in [6, 6.07) is 7.43. The highest BCUT2D eigenvalue weighted by Crippen LogP contribution is 2.27. The van der Waals surface area contributed by atoms with Gasteiger partial charge in [-0.15, -0.1) is 0 Å². The van der Waals surface area contributed by atoms with E-state index >= 15 is 0 Å². The van der Waals surface area contributed by atoms with Gasteiger partial charge in [-0.25, -0.2) is 4.79 Å². The average molecular weight is 484 g/mol. The lowest BCUT2D eigenvalue weighted by atomic mass is 10.0. The number of amides is 1. The smallest absolute Gasteiger partial charge is 0.407 e. The molecule has 190 valence electrons. The molecule has 1 amide bonds. The van der Waals surface area contributed by atoms with E-state index in [1.165, 1.54) is 0 Å². The van der Waals surface area contributed by atoms with Crippen LogP contribution in [0.15, 0.2) is 35.3 Å². The lowest BCUT2D eigenvalue weighted by molar-refractivity contribution is 0.133. The minimum absolute atomic E-state index is 0.0959. The highest BCUT2D eigenvalue weighted by atomic mass is 16.5. The van der Waals surface area contributed by atoms with Crippen LogP contribution < -0.4 is 15.6 Å². The number of carbonyl (C=O) groups excluding carboxylic acids is 1. The van der Waals surface area contributed by atoms with Crippen molar-refractivity contribution in [1.29, 1.82) is 0 Å². The van der Waals surface area contributed by atoms with Crippen LogP contribution in [0, 0.1) is 12.8 Å². The summed E-state index contributed by atoms with van der Waals surface area (Å²) in [4.78, 5) is 29.9. The summed E-state index contributed by atoms with van der Waals surface area (Å²) in [6.07, 6.45) is 3.86. The molecule has 0 spiro atoms. The Kier molecular flexibility index (Phi) is 9.48. The minimum atomic E-state index is -0.421. The number of nitrogens with one attached hydrogen (secondary N) is 1. The zero-order valence-electron chi connectivity index (χ0n) is 21.4. The Hall–Kier alpha value is -3.13. The number of benzene rings is 1. The number of nitrogens with zero attached hydrogens (tertiary/aromatic N) is 2. The number of hydrogen-bond acceptors (Lipinski definition) is 6. The highest BCUT2D eigenvalue weighted by Gasteiger charge is 2.17. The molecule has 2 aromatic heterocycles. The van der Waals surface area contributed by atoms with Crippen LogP contribution in [-0.2, 0) is 16.0 Å². The molecule has 3 rings (SSSR count). The summed E-state index contributed by atoms with van der Waals surface area (Å²) in [5.74, 6) is 1.00. The van der Waals surface area contributed by atoms with E-state index < -0.39 is 6.09 Å². The standard InChI is InChI=1S/C27H37N3O5/c1-6-7-13-34-27(32)29-20(15-18(2)3)17-35-21-8-9-22-23-10-11-28-19(4)25(23)26(31)30(12-14-33-5)24(22)16-21/h8-11,16,18,20H,6-7,12-15,17H2,1-5H3,(H,29,32). The first-order valence-corrected chi connectivity index (χ1v) is 12.3. The Morgan fingerprint density at radius 2 is 1.97 bits per heavy atom. The molecule has 0 bridgehead atoms. The molecule has 0 aliphatic rings. The van der Waals surface area contributed by atoms with E-state index in [-0.39, 0.29) is 11.6 Å². The van der Waals surface area contributed by atoms with Gasteiger partial charge in [0.2, 0.25) is 0 Å². The molecule has 1 N–H and O–H groups in total. The predicted octanol–water partition coefficient (Wildman–Crippen LogP) is 4.82. The second-order valence-corrected chi connectivity index (χ2v) is 9.22. The van der Waals surface area contributed by atoms with Gasteiger partial charge in [0, 0.05) is 31.3 Å². The van der Waals surface area contributed by atoms with Crippen molar-refractivity contribution in [2.24, 2.45) is 5.92 Å². The van der Waals surface area contributed by atoms with Crippen LogP contribution in [0.25, 0.3) is 21.7 Å². The first-order chi connectivity index (χ1) is 16.8. The fraction of sp³-hybridized carbons (Fsp3) is 0.519. The van der Waals surface area contributed by atoms with Crippen LogP contribution in [0.5, 0.6) is 5.75 Å². The maximum absolute atomic E-state index is 13.4.